The predicted molar refractivity (Wildman–Crippen MR) is 90.3 cm³/mol. The molecular formula is C15H21ClN6O2. The van der Waals surface area contributed by atoms with E-state index in [9.17, 15) is 5.11 Å². The Hall–Kier alpha value is -1.48. The molecule has 0 unspecified atom stereocenters. The lowest BCUT2D eigenvalue weighted by molar-refractivity contribution is -0.00445. The number of ether oxygens (including phenoxy) is 1. The number of rotatable bonds is 2. The van der Waals surface area contributed by atoms with E-state index >= 15 is 0 Å². The zero-order valence-corrected chi connectivity index (χ0v) is 14.4. The number of aromatic nitrogens is 4. The van der Waals surface area contributed by atoms with Crippen LogP contribution in [0.25, 0.3) is 11.2 Å². The summed E-state index contributed by atoms with van der Waals surface area (Å²) in [4.78, 5) is 15.6. The molecule has 0 spiro atoms. The van der Waals surface area contributed by atoms with E-state index in [4.69, 9.17) is 21.3 Å². The van der Waals surface area contributed by atoms with E-state index in [1.807, 2.05) is 11.6 Å². The van der Waals surface area contributed by atoms with Gasteiger partial charge in [0.2, 0.25) is 5.28 Å². The number of morpholine rings is 1. The van der Waals surface area contributed by atoms with Gasteiger partial charge in [0, 0.05) is 20.1 Å². The Kier molecular flexibility index (Phi) is 4.07. The lowest BCUT2D eigenvalue weighted by Gasteiger charge is -2.31. The molecule has 0 aliphatic carbocycles. The van der Waals surface area contributed by atoms with Crippen LogP contribution in [0.1, 0.15) is 18.7 Å². The van der Waals surface area contributed by atoms with E-state index in [0.29, 0.717) is 48.9 Å². The Morgan fingerprint density at radius 3 is 2.58 bits per heavy atom. The third-order valence-corrected chi connectivity index (χ3v) is 5.00. The number of aliphatic hydroxyl groups is 1. The molecule has 0 saturated carbocycles. The molecule has 0 atom stereocenters. The number of hydrogen-bond donors (Lipinski definition) is 2. The van der Waals surface area contributed by atoms with Gasteiger partial charge in [-0.05, 0) is 37.5 Å². The Morgan fingerprint density at radius 2 is 1.88 bits per heavy atom. The molecule has 2 aromatic heterocycles. The number of aryl methyl sites for hydroxylation is 1. The van der Waals surface area contributed by atoms with Crippen molar-refractivity contribution in [2.24, 2.45) is 7.05 Å². The van der Waals surface area contributed by atoms with Gasteiger partial charge in [0.05, 0.1) is 13.2 Å². The van der Waals surface area contributed by atoms with Crippen LogP contribution < -0.4 is 10.2 Å². The molecule has 2 aromatic rings. The molecule has 4 heterocycles. The third kappa shape index (κ3) is 2.63. The smallest absolute Gasteiger partial charge is 0.226 e. The number of fused-ring (bicyclic) bond motifs is 1. The summed E-state index contributed by atoms with van der Waals surface area (Å²) in [6, 6.07) is 0. The number of anilines is 1. The molecule has 0 amide bonds. The molecule has 2 saturated heterocycles. The lowest BCUT2D eigenvalue weighted by atomic mass is 9.91. The molecule has 4 rings (SSSR count). The topological polar surface area (TPSA) is 88.3 Å². The summed E-state index contributed by atoms with van der Waals surface area (Å²) < 4.78 is 7.26. The fourth-order valence-electron chi connectivity index (χ4n) is 3.50. The summed E-state index contributed by atoms with van der Waals surface area (Å²) in [5, 5.41) is 14.5. The van der Waals surface area contributed by atoms with Gasteiger partial charge in [0.15, 0.2) is 17.0 Å². The van der Waals surface area contributed by atoms with Crippen molar-refractivity contribution in [3.8, 4) is 0 Å². The van der Waals surface area contributed by atoms with Crippen LogP contribution in [0.2, 0.25) is 5.28 Å². The van der Waals surface area contributed by atoms with Crippen LogP contribution in [-0.2, 0) is 17.4 Å². The van der Waals surface area contributed by atoms with Gasteiger partial charge in [0.25, 0.3) is 0 Å². The molecule has 2 N–H and O–H groups in total. The fourth-order valence-corrected chi connectivity index (χ4v) is 3.66. The zero-order valence-electron chi connectivity index (χ0n) is 13.6. The maximum Gasteiger partial charge on any atom is 0.226 e. The minimum Gasteiger partial charge on any atom is -0.382 e. The molecule has 0 aromatic carbocycles. The van der Waals surface area contributed by atoms with Crippen LogP contribution in [0.5, 0.6) is 0 Å². The van der Waals surface area contributed by atoms with Crippen molar-refractivity contribution in [2.45, 2.75) is 18.4 Å². The van der Waals surface area contributed by atoms with Gasteiger partial charge in [-0.15, -0.1) is 0 Å². The summed E-state index contributed by atoms with van der Waals surface area (Å²) in [7, 11) is 1.87. The van der Waals surface area contributed by atoms with Gasteiger partial charge >= 0.3 is 0 Å². The number of piperidine rings is 1. The maximum absolute atomic E-state index is 11.1. The molecule has 2 fully saturated rings. The van der Waals surface area contributed by atoms with E-state index in [1.54, 1.807) is 0 Å². The monoisotopic (exact) mass is 352 g/mol. The summed E-state index contributed by atoms with van der Waals surface area (Å²) in [6.45, 7) is 4.31. The highest BCUT2D eigenvalue weighted by Crippen LogP contribution is 2.34. The van der Waals surface area contributed by atoms with Crippen LogP contribution in [0.15, 0.2) is 0 Å². The van der Waals surface area contributed by atoms with Crippen molar-refractivity contribution in [2.75, 3.05) is 44.3 Å². The second-order valence-electron chi connectivity index (χ2n) is 6.36. The molecular weight excluding hydrogens is 332 g/mol. The predicted octanol–water partition coefficient (Wildman–Crippen LogP) is 0.424. The number of nitrogens with one attached hydrogen (secondary N) is 1. The maximum atomic E-state index is 11.1. The van der Waals surface area contributed by atoms with E-state index in [2.05, 4.69) is 20.2 Å². The highest BCUT2D eigenvalue weighted by Gasteiger charge is 2.37. The first kappa shape index (κ1) is 16.0. The Labute approximate surface area is 144 Å². The Balaban J connectivity index is 1.84. The summed E-state index contributed by atoms with van der Waals surface area (Å²) in [5.41, 5.74) is 0.388. The van der Waals surface area contributed by atoms with Gasteiger partial charge in [0.1, 0.15) is 11.4 Å². The van der Waals surface area contributed by atoms with Crippen LogP contribution >= 0.6 is 11.6 Å². The molecule has 2 aliphatic heterocycles. The van der Waals surface area contributed by atoms with Crippen molar-refractivity contribution >= 4 is 28.6 Å². The highest BCUT2D eigenvalue weighted by molar-refractivity contribution is 6.28. The van der Waals surface area contributed by atoms with Crippen LogP contribution in [0, 0.1) is 0 Å². The molecule has 0 radical (unpaired) electrons. The van der Waals surface area contributed by atoms with Gasteiger partial charge < -0.3 is 24.6 Å². The van der Waals surface area contributed by atoms with Gasteiger partial charge in [-0.2, -0.15) is 9.97 Å². The lowest BCUT2D eigenvalue weighted by Crippen LogP contribution is -2.41. The molecule has 8 nitrogen and oxygen atoms in total. The first-order valence-corrected chi connectivity index (χ1v) is 8.62. The van der Waals surface area contributed by atoms with E-state index in [-0.39, 0.29) is 5.28 Å². The van der Waals surface area contributed by atoms with Crippen molar-refractivity contribution in [1.82, 2.24) is 24.8 Å². The number of hydrogen-bond acceptors (Lipinski definition) is 7. The largest absolute Gasteiger partial charge is 0.382 e. The van der Waals surface area contributed by atoms with Crippen molar-refractivity contribution in [3.05, 3.63) is 11.1 Å². The average Bonchev–Trinajstić information content (AvgIpc) is 2.93. The van der Waals surface area contributed by atoms with E-state index in [1.165, 1.54) is 0 Å². The van der Waals surface area contributed by atoms with Crippen LogP contribution in [-0.4, -0.2) is 64.0 Å². The first-order chi connectivity index (χ1) is 11.6. The molecule has 24 heavy (non-hydrogen) atoms. The summed E-state index contributed by atoms with van der Waals surface area (Å²) in [6.07, 6.45) is 1.25. The highest BCUT2D eigenvalue weighted by atomic mass is 35.5. The summed E-state index contributed by atoms with van der Waals surface area (Å²) >= 11 is 6.15. The fraction of sp³-hybridized carbons (Fsp3) is 0.667. The Morgan fingerprint density at radius 1 is 1.17 bits per heavy atom. The minimum absolute atomic E-state index is 0.191. The van der Waals surface area contributed by atoms with Gasteiger partial charge in [-0.25, -0.2) is 4.98 Å². The number of halogens is 1. The standard InChI is InChI=1S/C15H21ClN6O2/c1-21-11-10(18-13(21)15(23)2-4-17-5-3-15)12(20-14(16)19-11)22-6-8-24-9-7-22/h17,23H,2-9H2,1H3. The minimum atomic E-state index is -0.949. The van der Waals surface area contributed by atoms with Crippen LogP contribution in [0.3, 0.4) is 0 Å². The quantitative estimate of drug-likeness (QED) is 0.757. The molecule has 9 heteroatoms. The second-order valence-corrected chi connectivity index (χ2v) is 6.70. The zero-order chi connectivity index (χ0) is 16.7. The normalized spacial score (nSPS) is 21.4. The van der Waals surface area contributed by atoms with E-state index in [0.717, 1.165) is 26.2 Å². The summed E-state index contributed by atoms with van der Waals surface area (Å²) in [5.74, 6) is 1.35. The number of imidazole rings is 1. The SMILES string of the molecule is Cn1c(C2(O)CCNCC2)nc2c(N3CCOCC3)nc(Cl)nc21. The Bertz CT molecular complexity index is 752. The third-order valence-electron chi connectivity index (χ3n) is 4.83. The van der Waals surface area contributed by atoms with Gasteiger partial charge in [-0.1, -0.05) is 0 Å². The second kappa shape index (κ2) is 6.11. The van der Waals surface area contributed by atoms with Gasteiger partial charge in [-0.3, -0.25) is 0 Å². The van der Waals surface area contributed by atoms with E-state index < -0.39 is 5.60 Å². The molecule has 0 bridgehead atoms. The molecule has 2 aliphatic rings. The number of nitrogens with zero attached hydrogens (tertiary/aromatic N) is 5. The first-order valence-electron chi connectivity index (χ1n) is 8.25. The van der Waals surface area contributed by atoms with Crippen molar-refractivity contribution in [1.29, 1.82) is 0 Å². The molecule has 130 valence electrons. The van der Waals surface area contributed by atoms with Crippen LogP contribution in [0.4, 0.5) is 5.82 Å². The average molecular weight is 353 g/mol. The van der Waals surface area contributed by atoms with Crippen molar-refractivity contribution in [3.63, 3.8) is 0 Å². The van der Waals surface area contributed by atoms with Crippen molar-refractivity contribution < 1.29 is 9.84 Å².